The molecule has 0 aliphatic heterocycles. The number of aliphatic imine (C=N–C) groups is 1. The Morgan fingerprint density at radius 1 is 0.606 bits per heavy atom. The van der Waals surface area contributed by atoms with Gasteiger partial charge in [-0.2, -0.15) is 0 Å². The van der Waals surface area contributed by atoms with Crippen LogP contribution in [0.3, 0.4) is 0 Å². The minimum Gasteiger partial charge on any atom is -1.00 e. The van der Waals surface area contributed by atoms with Crippen LogP contribution in [0, 0.1) is 20.8 Å². The van der Waals surface area contributed by atoms with Crippen LogP contribution >= 0.6 is 34.0 Å². The normalized spacial score (nSPS) is 10.5. The maximum absolute atomic E-state index is 9.96. The molecular formula is C53H79BN6NaO2S3. The smallest absolute Gasteiger partial charge is 1.00 e. The Kier molecular flexibility index (Phi) is 32.4. The fourth-order valence-corrected chi connectivity index (χ4v) is 8.43. The first-order valence-electron chi connectivity index (χ1n) is 21.9. The van der Waals surface area contributed by atoms with Crippen LogP contribution in [0.15, 0.2) is 75.7 Å². The average molecular weight is 962 g/mol. The van der Waals surface area contributed by atoms with Gasteiger partial charge in [0.25, 0.3) is 0 Å². The summed E-state index contributed by atoms with van der Waals surface area (Å²) in [5, 5.41) is 19.7. The number of hydrogen-bond acceptors (Lipinski definition) is 11. The summed E-state index contributed by atoms with van der Waals surface area (Å²) in [5.41, 5.74) is 20.0. The first-order valence-corrected chi connectivity index (χ1v) is 24.5. The Bertz CT molecular complexity index is 2220. The molecule has 0 saturated carbocycles. The molecule has 3 heterocycles. The summed E-state index contributed by atoms with van der Waals surface area (Å²) in [4.78, 5) is 27.6. The molecule has 0 spiro atoms. The van der Waals surface area contributed by atoms with Gasteiger partial charge >= 0.3 is 29.6 Å². The third-order valence-electron chi connectivity index (χ3n) is 9.97. The molecule has 355 valence electrons. The van der Waals surface area contributed by atoms with Crippen LogP contribution in [0.5, 0.6) is 0 Å². The maximum Gasteiger partial charge on any atom is 1.00 e. The quantitative estimate of drug-likeness (QED) is 0.0482. The summed E-state index contributed by atoms with van der Waals surface area (Å²) >= 11 is 4.85. The van der Waals surface area contributed by atoms with Crippen molar-refractivity contribution in [3.05, 3.63) is 136 Å². The molecule has 0 unspecified atom stereocenters. The van der Waals surface area contributed by atoms with Gasteiger partial charge in [-0.05, 0) is 89.7 Å². The van der Waals surface area contributed by atoms with E-state index in [0.29, 0.717) is 41.2 Å². The first kappa shape index (κ1) is 64.6. The summed E-state index contributed by atoms with van der Waals surface area (Å²) < 4.78 is 0. The predicted octanol–water partition coefficient (Wildman–Crippen LogP) is 12.5. The molecule has 0 saturated heterocycles. The van der Waals surface area contributed by atoms with E-state index in [1.54, 1.807) is 28.1 Å². The molecule has 0 fully saturated rings. The van der Waals surface area contributed by atoms with E-state index in [1.807, 2.05) is 25.4 Å². The third-order valence-corrected chi connectivity index (χ3v) is 12.4. The number of anilines is 2. The van der Waals surface area contributed by atoms with Crippen LogP contribution in [0.4, 0.5) is 17.1 Å². The molecule has 3 aromatic carbocycles. The van der Waals surface area contributed by atoms with Gasteiger partial charge in [0.05, 0.1) is 44.9 Å². The number of thiazole rings is 3. The van der Waals surface area contributed by atoms with Gasteiger partial charge in [-0.3, -0.25) is 9.79 Å². The van der Waals surface area contributed by atoms with Gasteiger partial charge in [-0.25, -0.2) is 15.0 Å². The monoisotopic (exact) mass is 962 g/mol. The summed E-state index contributed by atoms with van der Waals surface area (Å²) in [6.07, 6.45) is 2.64. The Hall–Kier alpha value is -3.49. The molecule has 3 aromatic heterocycles. The second-order valence-electron chi connectivity index (χ2n) is 17.0. The molecular weight excluding hydrogens is 883 g/mol. The first-order chi connectivity index (χ1) is 29.8. The molecule has 0 aliphatic rings. The largest absolute Gasteiger partial charge is 1.00 e. The Labute approximate surface area is 437 Å². The summed E-state index contributed by atoms with van der Waals surface area (Å²) in [7, 11) is 1.00. The average Bonchev–Trinajstić information content (AvgIpc) is 4.00. The number of aldehydes is 1. The number of aromatic nitrogens is 3. The van der Waals surface area contributed by atoms with Gasteiger partial charge in [0.1, 0.15) is 5.69 Å². The minimum atomic E-state index is 0. The van der Waals surface area contributed by atoms with Crippen molar-refractivity contribution in [2.45, 2.75) is 153 Å². The summed E-state index contributed by atoms with van der Waals surface area (Å²) in [6, 6.07) is 19.4. The molecule has 6 rings (SSSR count). The van der Waals surface area contributed by atoms with Crippen molar-refractivity contribution < 1.29 is 40.9 Å². The van der Waals surface area contributed by atoms with E-state index < -0.39 is 0 Å². The number of nitrogen functional groups attached to an aromatic ring is 1. The van der Waals surface area contributed by atoms with E-state index in [2.05, 4.69) is 170 Å². The molecule has 8 nitrogen and oxygen atoms in total. The topological polar surface area (TPSA) is 126 Å². The van der Waals surface area contributed by atoms with Crippen molar-refractivity contribution in [1.82, 2.24) is 15.0 Å². The molecule has 0 amide bonds. The summed E-state index contributed by atoms with van der Waals surface area (Å²) in [5.74, 6) is 3.01. The van der Waals surface area contributed by atoms with Crippen LogP contribution < -0.4 is 40.6 Å². The predicted molar refractivity (Wildman–Crippen MR) is 291 cm³/mol. The van der Waals surface area contributed by atoms with Crippen LogP contribution in [0.25, 0.3) is 0 Å². The number of nitrogens with one attached hydrogen (secondary N) is 1. The van der Waals surface area contributed by atoms with E-state index in [9.17, 15) is 4.79 Å². The van der Waals surface area contributed by atoms with Crippen molar-refractivity contribution in [2.75, 3.05) is 18.2 Å². The fourth-order valence-electron chi connectivity index (χ4n) is 6.70. The van der Waals surface area contributed by atoms with Gasteiger partial charge in [0.2, 0.25) is 0 Å². The van der Waals surface area contributed by atoms with Crippen LogP contribution in [0.1, 0.15) is 198 Å². The van der Waals surface area contributed by atoms with Gasteiger partial charge in [0.15, 0.2) is 6.29 Å². The third kappa shape index (κ3) is 20.8. The van der Waals surface area contributed by atoms with Crippen molar-refractivity contribution in [1.29, 1.82) is 0 Å². The molecule has 4 N–H and O–H groups in total. The van der Waals surface area contributed by atoms with Gasteiger partial charge in [-0.1, -0.05) is 145 Å². The maximum atomic E-state index is 9.96. The summed E-state index contributed by atoms with van der Waals surface area (Å²) in [6.45, 7) is 33.3. The number of rotatable bonds is 12. The van der Waals surface area contributed by atoms with Crippen molar-refractivity contribution >= 4 is 72.0 Å². The molecule has 0 atom stereocenters. The fraction of sp³-hybridized carbons (Fsp3) is 0.453. The van der Waals surface area contributed by atoms with Crippen LogP contribution in [-0.2, 0) is 6.54 Å². The Morgan fingerprint density at radius 3 is 1.27 bits per heavy atom. The molecule has 0 bridgehead atoms. The van der Waals surface area contributed by atoms with E-state index in [4.69, 9.17) is 15.8 Å². The number of carbonyl (C=O) groups is 1. The van der Waals surface area contributed by atoms with E-state index in [-0.39, 0.29) is 46.8 Å². The number of para-hydroxylation sites is 3. The van der Waals surface area contributed by atoms with Gasteiger partial charge in [0, 0.05) is 43.0 Å². The van der Waals surface area contributed by atoms with E-state index >= 15 is 0 Å². The number of hydrogen-bond donors (Lipinski definition) is 3. The Balaban J connectivity index is -0.000000823. The van der Waals surface area contributed by atoms with Crippen molar-refractivity contribution in [2.24, 2.45) is 4.99 Å². The Morgan fingerprint density at radius 2 is 0.955 bits per heavy atom. The zero-order valence-corrected chi connectivity index (χ0v) is 46.7. The van der Waals surface area contributed by atoms with Crippen LogP contribution in [-0.4, -0.2) is 48.1 Å². The SMILES string of the molecule is C.CC(C)c1cccc(C(C)C)c1N.CO.Cc1nc(C=Nc2c(C(C)C)cccc2C(C)C)cs1.Cc1nc(C=O)cs1.Cc1nc(CNc2c(C(C)C)cccc2C(C)C)cs1.[B].[H-].[Na+]. The number of carbonyl (C=O) groups excluding carboxylic acids is 1. The number of aliphatic hydroxyl groups is 1. The minimum absolute atomic E-state index is 0. The number of aryl methyl sites for hydroxylation is 3. The molecule has 0 aliphatic carbocycles. The van der Waals surface area contributed by atoms with E-state index in [0.717, 1.165) is 57.7 Å². The van der Waals surface area contributed by atoms with Crippen molar-refractivity contribution in [3.8, 4) is 0 Å². The number of nitrogens with two attached hydrogens (primary N) is 1. The van der Waals surface area contributed by atoms with Crippen molar-refractivity contribution in [3.63, 3.8) is 0 Å². The van der Waals surface area contributed by atoms with E-state index in [1.165, 1.54) is 50.4 Å². The molecule has 3 radical (unpaired) electrons. The second-order valence-corrected chi connectivity index (χ2v) is 20.2. The molecule has 13 heteroatoms. The van der Waals surface area contributed by atoms with Gasteiger partial charge in [-0.15, -0.1) is 34.0 Å². The molecule has 66 heavy (non-hydrogen) atoms. The zero-order valence-electron chi connectivity index (χ0n) is 43.3. The standard InChI is InChI=1S/C17H24N2S.C17H22N2S.C12H19N.C5H5NOS.CH4O.CH4.B.Na.H/c2*1-11(2)15-7-6-8-16(12(3)4)17(15)18-9-14-10-20-13(5)19-14;1-8(2)10-6-5-7-11(9(3)4)12(10)13;1-4-6-5(2-7)3-8-4;1-2;;;;/h6-8,10-12,18H,9H2,1-5H3;6-12H,1-5H3;5-9H,13H2,1-4H3;2-3H,1H3;2H,1H3;1H4;;;/q;;;;;;;+1;-1. The number of benzene rings is 3. The zero-order chi connectivity index (χ0) is 47.4. The second kappa shape index (κ2) is 33.1. The number of nitrogens with zero attached hydrogens (tertiary/aromatic N) is 4. The van der Waals surface area contributed by atoms with Gasteiger partial charge < -0.3 is 17.6 Å². The van der Waals surface area contributed by atoms with Crippen LogP contribution in [0.2, 0.25) is 0 Å². The number of aliphatic hydroxyl groups excluding tert-OH is 1. The molecule has 6 aromatic rings.